The fourth-order valence-corrected chi connectivity index (χ4v) is 3.60. The first-order chi connectivity index (χ1) is 14.9. The van der Waals surface area contributed by atoms with E-state index in [1.54, 1.807) is 6.20 Å². The van der Waals surface area contributed by atoms with Gasteiger partial charge in [-0.05, 0) is 29.9 Å². The molecule has 8 heteroatoms. The molecule has 2 aromatic carbocycles. The summed E-state index contributed by atoms with van der Waals surface area (Å²) in [6, 6.07) is 17.2. The van der Waals surface area contributed by atoms with Gasteiger partial charge in [0.15, 0.2) is 5.11 Å². The van der Waals surface area contributed by atoms with E-state index >= 15 is 0 Å². The quantitative estimate of drug-likeness (QED) is 0.368. The minimum atomic E-state index is -0.537. The molecule has 0 radical (unpaired) electrons. The van der Waals surface area contributed by atoms with Crippen molar-refractivity contribution in [1.29, 1.82) is 0 Å². The van der Waals surface area contributed by atoms with Crippen molar-refractivity contribution in [3.63, 3.8) is 0 Å². The molecule has 1 aromatic heterocycles. The first-order valence-corrected chi connectivity index (χ1v) is 10.1. The van der Waals surface area contributed by atoms with E-state index in [9.17, 15) is 14.4 Å². The summed E-state index contributed by atoms with van der Waals surface area (Å²) in [6.45, 7) is 0.553. The summed E-state index contributed by atoms with van der Waals surface area (Å²) in [6.07, 6.45) is 3.31. The lowest BCUT2D eigenvalue weighted by Gasteiger charge is -2.24. The average molecular weight is 433 g/mol. The van der Waals surface area contributed by atoms with Gasteiger partial charge in [0.05, 0.1) is 0 Å². The number of aromatic nitrogens is 1. The third-order valence-corrected chi connectivity index (χ3v) is 5.45. The monoisotopic (exact) mass is 432 g/mol. The fraction of sp³-hybridized carbons (Fsp3) is 0.130. The molecule has 156 valence electrons. The molecule has 4 rings (SSSR count). The molecule has 3 aromatic rings. The van der Waals surface area contributed by atoms with Gasteiger partial charge in [-0.1, -0.05) is 48.5 Å². The lowest BCUT2D eigenvalue weighted by atomic mass is 10.1. The Kier molecular flexibility index (Phi) is 5.64. The molecule has 1 saturated heterocycles. The summed E-state index contributed by atoms with van der Waals surface area (Å²) in [5.74, 6) is -1.14. The topological polar surface area (TPSA) is 83.4 Å². The van der Waals surface area contributed by atoms with Crippen LogP contribution in [0.1, 0.15) is 11.1 Å². The number of hydrogen-bond acceptors (Lipinski definition) is 4. The van der Waals surface area contributed by atoms with Crippen molar-refractivity contribution in [1.82, 2.24) is 20.1 Å². The maximum atomic E-state index is 12.5. The molecule has 0 aliphatic carbocycles. The van der Waals surface area contributed by atoms with E-state index in [1.807, 2.05) is 59.2 Å². The van der Waals surface area contributed by atoms with Gasteiger partial charge in [0.25, 0.3) is 11.8 Å². The van der Waals surface area contributed by atoms with Crippen LogP contribution in [-0.4, -0.2) is 39.3 Å². The van der Waals surface area contributed by atoms with Crippen molar-refractivity contribution < 1.29 is 14.4 Å². The number of thiocarbonyl (C=S) groups is 1. The number of hydrogen-bond donors (Lipinski definition) is 2. The Hall–Kier alpha value is -3.78. The second-order valence-electron chi connectivity index (χ2n) is 7.17. The number of amides is 3. The van der Waals surface area contributed by atoms with E-state index in [-0.39, 0.29) is 23.1 Å². The number of carbonyl (C=O) groups is 3. The van der Waals surface area contributed by atoms with Crippen LogP contribution in [0.4, 0.5) is 0 Å². The molecular formula is C23H20N4O3S. The van der Waals surface area contributed by atoms with Crippen molar-refractivity contribution >= 4 is 52.0 Å². The first-order valence-electron chi connectivity index (χ1n) is 9.67. The SMILES string of the molecule is CN1C(=O)/C(=C\c2cn(CC(=O)NCc3ccccc3)c3ccccc23)C(=O)NC1=S. The lowest BCUT2D eigenvalue weighted by molar-refractivity contribution is -0.128. The molecule has 31 heavy (non-hydrogen) atoms. The van der Waals surface area contributed by atoms with Crippen LogP contribution >= 0.6 is 12.2 Å². The molecule has 2 N–H and O–H groups in total. The molecule has 3 amide bonds. The normalized spacial score (nSPS) is 15.5. The maximum absolute atomic E-state index is 12.5. The van der Waals surface area contributed by atoms with Gasteiger partial charge in [-0.3, -0.25) is 24.6 Å². The van der Waals surface area contributed by atoms with Crippen LogP contribution in [0.25, 0.3) is 17.0 Å². The fourth-order valence-electron chi connectivity index (χ4n) is 3.43. The third kappa shape index (κ3) is 4.24. The second-order valence-corrected chi connectivity index (χ2v) is 7.56. The van der Waals surface area contributed by atoms with Gasteiger partial charge >= 0.3 is 0 Å². The maximum Gasteiger partial charge on any atom is 0.265 e. The first kappa shape index (κ1) is 20.5. The molecule has 0 spiro atoms. The lowest BCUT2D eigenvalue weighted by Crippen LogP contribution is -2.52. The van der Waals surface area contributed by atoms with Crippen LogP contribution < -0.4 is 10.6 Å². The van der Waals surface area contributed by atoms with Crippen molar-refractivity contribution in [3.05, 3.63) is 77.5 Å². The third-order valence-electron chi connectivity index (χ3n) is 5.07. The molecule has 0 saturated carbocycles. The van der Waals surface area contributed by atoms with Crippen molar-refractivity contribution in [2.75, 3.05) is 7.05 Å². The van der Waals surface area contributed by atoms with Crippen molar-refractivity contribution in [2.45, 2.75) is 13.1 Å². The Morgan fingerprint density at radius 2 is 1.81 bits per heavy atom. The molecule has 1 aliphatic heterocycles. The van der Waals surface area contributed by atoms with E-state index in [0.717, 1.165) is 16.5 Å². The molecule has 7 nitrogen and oxygen atoms in total. The highest BCUT2D eigenvalue weighted by Gasteiger charge is 2.31. The van der Waals surface area contributed by atoms with Crippen LogP contribution in [0.5, 0.6) is 0 Å². The van der Waals surface area contributed by atoms with E-state index < -0.39 is 11.8 Å². The molecular weight excluding hydrogens is 412 g/mol. The highest BCUT2D eigenvalue weighted by atomic mass is 32.1. The van der Waals surface area contributed by atoms with Crippen LogP contribution in [0.15, 0.2) is 66.4 Å². The molecule has 0 bridgehead atoms. The Balaban J connectivity index is 1.60. The number of rotatable bonds is 5. The number of para-hydroxylation sites is 1. The van der Waals surface area contributed by atoms with Crippen LogP contribution in [0, 0.1) is 0 Å². The Labute approximate surface area is 184 Å². The van der Waals surface area contributed by atoms with Gasteiger partial charge in [0, 0.05) is 36.3 Å². The minimum absolute atomic E-state index is 0.00691. The number of nitrogens with zero attached hydrogens (tertiary/aromatic N) is 2. The Morgan fingerprint density at radius 1 is 1.10 bits per heavy atom. The highest BCUT2D eigenvalue weighted by Crippen LogP contribution is 2.24. The average Bonchev–Trinajstić information content (AvgIpc) is 3.12. The smallest absolute Gasteiger partial charge is 0.265 e. The summed E-state index contributed by atoms with van der Waals surface area (Å²) >= 11 is 4.99. The zero-order chi connectivity index (χ0) is 22.0. The standard InChI is InChI=1S/C23H20N4O3S/c1-26-22(30)18(21(29)25-23(26)31)11-16-13-27(19-10-6-5-9-17(16)19)14-20(28)24-12-15-7-3-2-4-8-15/h2-11,13H,12,14H2,1H3,(H,24,28)(H,25,29,31)/b18-11-. The van der Waals surface area contributed by atoms with E-state index in [4.69, 9.17) is 12.2 Å². The Morgan fingerprint density at radius 3 is 2.58 bits per heavy atom. The molecule has 0 unspecified atom stereocenters. The Bertz CT molecular complexity index is 1230. The number of fused-ring (bicyclic) bond motifs is 1. The van der Waals surface area contributed by atoms with Gasteiger partial charge in [-0.2, -0.15) is 0 Å². The van der Waals surface area contributed by atoms with Gasteiger partial charge in [-0.15, -0.1) is 0 Å². The number of likely N-dealkylation sites (N-methyl/N-ethyl adjacent to an activating group) is 1. The zero-order valence-corrected chi connectivity index (χ0v) is 17.6. The highest BCUT2D eigenvalue weighted by molar-refractivity contribution is 7.80. The molecule has 1 fully saturated rings. The van der Waals surface area contributed by atoms with Crippen molar-refractivity contribution in [2.24, 2.45) is 0 Å². The van der Waals surface area contributed by atoms with Crippen LogP contribution in [-0.2, 0) is 27.5 Å². The summed E-state index contributed by atoms with van der Waals surface area (Å²) in [5, 5.41) is 6.33. The van der Waals surface area contributed by atoms with Crippen molar-refractivity contribution in [3.8, 4) is 0 Å². The van der Waals surface area contributed by atoms with Gasteiger partial charge in [-0.25, -0.2) is 0 Å². The number of benzene rings is 2. The zero-order valence-electron chi connectivity index (χ0n) is 16.8. The molecule has 2 heterocycles. The summed E-state index contributed by atoms with van der Waals surface area (Å²) in [4.78, 5) is 38.6. The number of nitrogens with one attached hydrogen (secondary N) is 2. The van der Waals surface area contributed by atoms with Gasteiger partial charge in [0.2, 0.25) is 5.91 Å². The predicted molar refractivity (Wildman–Crippen MR) is 122 cm³/mol. The van der Waals surface area contributed by atoms with E-state index in [2.05, 4.69) is 10.6 Å². The largest absolute Gasteiger partial charge is 0.350 e. The number of carbonyl (C=O) groups excluding carboxylic acids is 3. The van der Waals surface area contributed by atoms with Gasteiger partial charge in [0.1, 0.15) is 12.1 Å². The summed E-state index contributed by atoms with van der Waals surface area (Å²) in [7, 11) is 1.51. The van der Waals surface area contributed by atoms with E-state index in [0.29, 0.717) is 12.1 Å². The molecule has 1 aliphatic rings. The second kappa shape index (κ2) is 8.53. The minimum Gasteiger partial charge on any atom is -0.350 e. The molecule has 0 atom stereocenters. The predicted octanol–water partition coefficient (Wildman–Crippen LogP) is 2.21. The summed E-state index contributed by atoms with van der Waals surface area (Å²) in [5.41, 5.74) is 2.51. The summed E-state index contributed by atoms with van der Waals surface area (Å²) < 4.78 is 1.81. The van der Waals surface area contributed by atoms with E-state index in [1.165, 1.54) is 18.0 Å². The van der Waals surface area contributed by atoms with Gasteiger partial charge < -0.3 is 9.88 Å². The van der Waals surface area contributed by atoms with Crippen LogP contribution in [0.3, 0.4) is 0 Å². The van der Waals surface area contributed by atoms with Crippen LogP contribution in [0.2, 0.25) is 0 Å².